The molecule has 2 bridgehead atoms. The lowest BCUT2D eigenvalue weighted by Gasteiger charge is -2.28. The number of nitrogens with zero attached hydrogens (tertiary/aromatic N) is 4. The summed E-state index contributed by atoms with van der Waals surface area (Å²) in [5, 5.41) is 5.45. The number of rotatable bonds is 4. The summed E-state index contributed by atoms with van der Waals surface area (Å²) in [5.74, 6) is 0.862. The SMILES string of the molecule is CCCn1cc(-c2nc3ccc(C)cc3c(C(=O)N3C[C@@H]4CC[C@@H]3C4)c2C)cn1. The number of carbonyl (C=O) groups is 1. The van der Waals surface area contributed by atoms with Gasteiger partial charge in [0.2, 0.25) is 0 Å². The molecule has 2 aliphatic rings. The van der Waals surface area contributed by atoms with Crippen LogP contribution in [0.25, 0.3) is 22.2 Å². The van der Waals surface area contributed by atoms with Gasteiger partial charge in [0.05, 0.1) is 23.0 Å². The molecular weight excluding hydrogens is 360 g/mol. The highest BCUT2D eigenvalue weighted by Crippen LogP contribution is 2.40. The first-order chi connectivity index (χ1) is 14.0. The zero-order valence-corrected chi connectivity index (χ0v) is 17.5. The topological polar surface area (TPSA) is 51.0 Å². The van der Waals surface area contributed by atoms with Gasteiger partial charge in [0.1, 0.15) is 0 Å². The van der Waals surface area contributed by atoms with Gasteiger partial charge in [-0.15, -0.1) is 0 Å². The molecule has 3 aromatic rings. The van der Waals surface area contributed by atoms with Crippen molar-refractivity contribution in [2.24, 2.45) is 5.92 Å². The molecule has 2 atom stereocenters. The molecule has 0 N–H and O–H groups in total. The van der Waals surface area contributed by atoms with Crippen molar-refractivity contribution in [3.63, 3.8) is 0 Å². The first-order valence-corrected chi connectivity index (χ1v) is 10.8. The predicted octanol–water partition coefficient (Wildman–Crippen LogP) is 4.75. The van der Waals surface area contributed by atoms with Crippen molar-refractivity contribution in [2.75, 3.05) is 6.54 Å². The quantitative estimate of drug-likeness (QED) is 0.648. The van der Waals surface area contributed by atoms with Gasteiger partial charge in [0.15, 0.2) is 0 Å². The maximum Gasteiger partial charge on any atom is 0.255 e. The summed E-state index contributed by atoms with van der Waals surface area (Å²) in [6.45, 7) is 8.05. The zero-order chi connectivity index (χ0) is 20.1. The Morgan fingerprint density at radius 2 is 2.10 bits per heavy atom. The highest BCUT2D eigenvalue weighted by atomic mass is 16.2. The van der Waals surface area contributed by atoms with Crippen molar-refractivity contribution in [3.05, 3.63) is 47.3 Å². The van der Waals surface area contributed by atoms with E-state index in [9.17, 15) is 4.79 Å². The maximum absolute atomic E-state index is 13.8. The van der Waals surface area contributed by atoms with Crippen LogP contribution in [-0.2, 0) is 6.54 Å². The third-order valence-corrected chi connectivity index (χ3v) is 6.63. The fraction of sp³-hybridized carbons (Fsp3) is 0.458. The fourth-order valence-electron chi connectivity index (χ4n) is 5.18. The normalized spacial score (nSPS) is 20.7. The Hall–Kier alpha value is -2.69. The van der Waals surface area contributed by atoms with Crippen LogP contribution >= 0.6 is 0 Å². The van der Waals surface area contributed by atoms with E-state index in [1.165, 1.54) is 12.8 Å². The van der Waals surface area contributed by atoms with E-state index in [1.807, 2.05) is 30.1 Å². The number of pyridine rings is 1. The van der Waals surface area contributed by atoms with E-state index < -0.39 is 0 Å². The van der Waals surface area contributed by atoms with Crippen molar-refractivity contribution in [2.45, 2.75) is 59.0 Å². The standard InChI is InChI=1S/C24H28N4O/c1-4-9-27-14-18(12-25-27)23-16(3)22(20-10-15(2)5-8-21(20)26-23)24(29)28-13-17-6-7-19(28)11-17/h5,8,10,12,14,17,19H,4,6-7,9,11,13H2,1-3H3/t17-,19-/m1/s1. The fourth-order valence-corrected chi connectivity index (χ4v) is 5.18. The molecule has 1 saturated heterocycles. The molecule has 2 aromatic heterocycles. The second-order valence-corrected chi connectivity index (χ2v) is 8.76. The minimum atomic E-state index is 0.176. The van der Waals surface area contributed by atoms with Gasteiger partial charge in [-0.1, -0.05) is 18.6 Å². The lowest BCUT2D eigenvalue weighted by molar-refractivity contribution is 0.0705. The molecule has 1 aliphatic heterocycles. The first-order valence-electron chi connectivity index (χ1n) is 10.8. The smallest absolute Gasteiger partial charge is 0.255 e. The Labute approximate surface area is 171 Å². The van der Waals surface area contributed by atoms with E-state index in [2.05, 4.69) is 36.0 Å². The number of fused-ring (bicyclic) bond motifs is 3. The van der Waals surface area contributed by atoms with Gasteiger partial charge in [-0.3, -0.25) is 9.48 Å². The largest absolute Gasteiger partial charge is 0.335 e. The molecule has 5 heteroatoms. The molecule has 1 amide bonds. The minimum Gasteiger partial charge on any atom is -0.335 e. The first kappa shape index (κ1) is 18.3. The maximum atomic E-state index is 13.8. The van der Waals surface area contributed by atoms with Gasteiger partial charge < -0.3 is 4.90 Å². The monoisotopic (exact) mass is 388 g/mol. The average Bonchev–Trinajstić information content (AvgIpc) is 3.44. The average molecular weight is 389 g/mol. The van der Waals surface area contributed by atoms with Gasteiger partial charge in [-0.05, 0) is 63.1 Å². The van der Waals surface area contributed by atoms with E-state index in [0.29, 0.717) is 12.0 Å². The molecule has 0 spiro atoms. The Morgan fingerprint density at radius 1 is 1.24 bits per heavy atom. The Morgan fingerprint density at radius 3 is 2.83 bits per heavy atom. The lowest BCUT2D eigenvalue weighted by Crippen LogP contribution is -2.38. The molecule has 0 radical (unpaired) electrons. The summed E-state index contributed by atoms with van der Waals surface area (Å²) < 4.78 is 1.96. The van der Waals surface area contributed by atoms with Crippen molar-refractivity contribution in [3.8, 4) is 11.3 Å². The summed E-state index contributed by atoms with van der Waals surface area (Å²) in [5.41, 5.74) is 5.68. The van der Waals surface area contributed by atoms with Crippen molar-refractivity contribution < 1.29 is 4.79 Å². The summed E-state index contributed by atoms with van der Waals surface area (Å²) in [7, 11) is 0. The number of carbonyl (C=O) groups excluding carboxylic acids is 1. The molecule has 1 saturated carbocycles. The number of aromatic nitrogens is 3. The Kier molecular flexibility index (Phi) is 4.41. The lowest BCUT2D eigenvalue weighted by atomic mass is 9.96. The van der Waals surface area contributed by atoms with Gasteiger partial charge in [-0.25, -0.2) is 4.98 Å². The third kappa shape index (κ3) is 3.04. The molecule has 29 heavy (non-hydrogen) atoms. The van der Waals surface area contributed by atoms with E-state index in [4.69, 9.17) is 4.98 Å². The number of hydrogen-bond acceptors (Lipinski definition) is 3. The molecule has 1 aromatic carbocycles. The molecule has 1 aliphatic carbocycles. The molecule has 0 unspecified atom stereocenters. The molecule has 3 heterocycles. The predicted molar refractivity (Wildman–Crippen MR) is 115 cm³/mol. The summed E-state index contributed by atoms with van der Waals surface area (Å²) in [6.07, 6.45) is 8.54. The minimum absolute atomic E-state index is 0.176. The van der Waals surface area contributed by atoms with Gasteiger partial charge in [-0.2, -0.15) is 5.10 Å². The van der Waals surface area contributed by atoms with E-state index in [-0.39, 0.29) is 5.91 Å². The molecule has 5 rings (SSSR count). The third-order valence-electron chi connectivity index (χ3n) is 6.63. The van der Waals surface area contributed by atoms with E-state index >= 15 is 0 Å². The van der Waals surface area contributed by atoms with Crippen LogP contribution in [0.5, 0.6) is 0 Å². The van der Waals surface area contributed by atoms with Crippen LogP contribution in [0.1, 0.15) is 54.1 Å². The Balaban J connectivity index is 1.67. The van der Waals surface area contributed by atoms with Crippen LogP contribution in [0.15, 0.2) is 30.6 Å². The van der Waals surface area contributed by atoms with E-state index in [1.54, 1.807) is 0 Å². The number of piperidine rings is 1. The molecule has 150 valence electrons. The highest BCUT2D eigenvalue weighted by molar-refractivity contribution is 6.09. The van der Waals surface area contributed by atoms with Crippen molar-refractivity contribution >= 4 is 16.8 Å². The van der Waals surface area contributed by atoms with Crippen LogP contribution in [0.3, 0.4) is 0 Å². The van der Waals surface area contributed by atoms with Crippen LogP contribution in [0, 0.1) is 19.8 Å². The summed E-state index contributed by atoms with van der Waals surface area (Å²) in [4.78, 5) is 20.8. The second kappa shape index (κ2) is 6.97. The zero-order valence-electron chi connectivity index (χ0n) is 17.5. The van der Waals surface area contributed by atoms with Gasteiger partial charge >= 0.3 is 0 Å². The van der Waals surface area contributed by atoms with Crippen LogP contribution < -0.4 is 0 Å². The van der Waals surface area contributed by atoms with Crippen LogP contribution in [-0.4, -0.2) is 38.2 Å². The second-order valence-electron chi connectivity index (χ2n) is 8.76. The van der Waals surface area contributed by atoms with Gasteiger partial charge in [0, 0.05) is 36.3 Å². The number of likely N-dealkylation sites (tertiary alicyclic amines) is 1. The summed E-state index contributed by atoms with van der Waals surface area (Å²) >= 11 is 0. The van der Waals surface area contributed by atoms with Crippen LogP contribution in [0.4, 0.5) is 0 Å². The Bertz CT molecular complexity index is 1100. The number of hydrogen-bond donors (Lipinski definition) is 0. The van der Waals surface area contributed by atoms with Crippen molar-refractivity contribution in [1.29, 1.82) is 0 Å². The number of benzene rings is 1. The molecular formula is C24H28N4O. The number of amides is 1. The highest BCUT2D eigenvalue weighted by Gasteiger charge is 2.41. The number of aryl methyl sites for hydroxylation is 2. The summed E-state index contributed by atoms with van der Waals surface area (Å²) in [6, 6.07) is 6.63. The van der Waals surface area contributed by atoms with Crippen molar-refractivity contribution in [1.82, 2.24) is 19.7 Å². The van der Waals surface area contributed by atoms with Gasteiger partial charge in [0.25, 0.3) is 5.91 Å². The van der Waals surface area contributed by atoms with Crippen LogP contribution in [0.2, 0.25) is 0 Å². The molecule has 5 nitrogen and oxygen atoms in total. The molecule has 2 fully saturated rings. The van der Waals surface area contributed by atoms with E-state index in [0.717, 1.165) is 64.8 Å².